The molecule has 5 rings (SSSR count). The van der Waals surface area contributed by atoms with Crippen LogP contribution in [-0.4, -0.2) is 56.3 Å². The van der Waals surface area contributed by atoms with Gasteiger partial charge in [-0.25, -0.2) is 17.5 Å². The Morgan fingerprint density at radius 1 is 1.21 bits per heavy atom. The summed E-state index contributed by atoms with van der Waals surface area (Å²) in [4.78, 5) is 14.9. The quantitative estimate of drug-likeness (QED) is 0.653. The van der Waals surface area contributed by atoms with Crippen molar-refractivity contribution in [1.29, 1.82) is 5.26 Å². The first-order valence-corrected chi connectivity index (χ1v) is 13.1. The largest absolute Gasteiger partial charge is 0.368 e. The second-order valence-electron chi connectivity index (χ2n) is 9.41. The lowest BCUT2D eigenvalue weighted by Crippen LogP contribution is -2.53. The van der Waals surface area contributed by atoms with Gasteiger partial charge in [-0.3, -0.25) is 4.79 Å². The van der Waals surface area contributed by atoms with Crippen molar-refractivity contribution in [2.75, 3.05) is 18.9 Å². The number of amides is 1. The number of halogens is 1. The summed E-state index contributed by atoms with van der Waals surface area (Å²) in [5, 5.41) is 8.95. The lowest BCUT2D eigenvalue weighted by molar-refractivity contribution is -0.157. The molecule has 3 aliphatic rings. The van der Waals surface area contributed by atoms with E-state index in [-0.39, 0.29) is 23.6 Å². The van der Waals surface area contributed by atoms with Gasteiger partial charge in [0.05, 0.1) is 18.7 Å². The second kappa shape index (κ2) is 8.77. The minimum atomic E-state index is -3.87. The number of nitriles is 1. The van der Waals surface area contributed by atoms with Gasteiger partial charge < -0.3 is 9.64 Å². The molecule has 0 unspecified atom stereocenters. The van der Waals surface area contributed by atoms with Gasteiger partial charge in [-0.05, 0) is 30.4 Å². The predicted molar refractivity (Wildman–Crippen MR) is 123 cm³/mol. The minimum absolute atomic E-state index is 0.159. The molecule has 34 heavy (non-hydrogen) atoms. The minimum Gasteiger partial charge on any atom is -0.368 e. The van der Waals surface area contributed by atoms with Gasteiger partial charge in [0.15, 0.2) is 5.75 Å². The average molecular weight is 484 g/mol. The number of nitrogens with one attached hydrogen (secondary N) is 1. The summed E-state index contributed by atoms with van der Waals surface area (Å²) < 4.78 is 48.9. The summed E-state index contributed by atoms with van der Waals surface area (Å²) in [6, 6.07) is 14.9. The van der Waals surface area contributed by atoms with Crippen LogP contribution in [0.3, 0.4) is 0 Å². The van der Waals surface area contributed by atoms with E-state index in [2.05, 4.69) is 4.72 Å². The molecule has 7 nitrogen and oxygen atoms in total. The summed E-state index contributed by atoms with van der Waals surface area (Å²) in [7, 11) is -3.87. The Bertz CT molecular complexity index is 1240. The highest BCUT2D eigenvalue weighted by Crippen LogP contribution is 2.56. The molecule has 1 saturated carbocycles. The lowest BCUT2D eigenvalue weighted by Gasteiger charge is -2.34. The maximum Gasteiger partial charge on any atom is 0.252 e. The zero-order chi connectivity index (χ0) is 23.9. The molecule has 1 spiro atoms. The molecule has 1 amide bonds. The number of carbonyl (C=O) groups excluding carboxylic acids is 1. The van der Waals surface area contributed by atoms with E-state index >= 15 is 4.39 Å². The van der Waals surface area contributed by atoms with Crippen molar-refractivity contribution in [2.24, 2.45) is 5.41 Å². The maximum atomic E-state index is 15.7. The van der Waals surface area contributed by atoms with Crippen LogP contribution in [0.5, 0.6) is 0 Å². The molecule has 2 heterocycles. The highest BCUT2D eigenvalue weighted by molar-refractivity contribution is 7.89. The predicted octanol–water partition coefficient (Wildman–Crippen LogP) is 2.63. The molecule has 2 aromatic rings. The van der Waals surface area contributed by atoms with Gasteiger partial charge in [0.25, 0.3) is 5.91 Å². The molecule has 2 saturated heterocycles. The highest BCUT2D eigenvalue weighted by atomic mass is 32.2. The van der Waals surface area contributed by atoms with Crippen molar-refractivity contribution in [3.63, 3.8) is 0 Å². The van der Waals surface area contributed by atoms with E-state index in [4.69, 9.17) is 10.00 Å². The van der Waals surface area contributed by atoms with E-state index < -0.39 is 34.0 Å². The first kappa shape index (κ1) is 23.0. The second-order valence-corrected chi connectivity index (χ2v) is 11.2. The summed E-state index contributed by atoms with van der Waals surface area (Å²) in [6.45, 7) is 0.919. The van der Waals surface area contributed by atoms with Crippen LogP contribution in [0.15, 0.2) is 48.5 Å². The third kappa shape index (κ3) is 4.22. The van der Waals surface area contributed by atoms with Crippen molar-refractivity contribution >= 4 is 15.9 Å². The van der Waals surface area contributed by atoms with Gasteiger partial charge in [0, 0.05) is 30.0 Å². The molecule has 2 aliphatic heterocycles. The fourth-order valence-electron chi connectivity index (χ4n) is 5.18. The fraction of sp³-hybridized carbons (Fsp3) is 0.440. The van der Waals surface area contributed by atoms with Crippen LogP contribution in [0.1, 0.15) is 24.8 Å². The van der Waals surface area contributed by atoms with Crippen LogP contribution in [0, 0.1) is 22.6 Å². The molecule has 0 radical (unpaired) electrons. The monoisotopic (exact) mass is 483 g/mol. The molecule has 9 heteroatoms. The van der Waals surface area contributed by atoms with Gasteiger partial charge in [-0.15, -0.1) is 0 Å². The Morgan fingerprint density at radius 2 is 1.94 bits per heavy atom. The summed E-state index contributed by atoms with van der Waals surface area (Å²) >= 11 is 0. The SMILES string of the molecule is N#CCS(=O)(=O)N[C@@H]1[C@H](Cc2cccc(-c3ccccc3)c2F)N(C(=O)[C@H]2CCO2)CC12CC2. The van der Waals surface area contributed by atoms with Crippen LogP contribution in [0.25, 0.3) is 11.1 Å². The number of benzene rings is 2. The number of ether oxygens (including phenoxy) is 1. The van der Waals surface area contributed by atoms with Crippen molar-refractivity contribution in [1.82, 2.24) is 9.62 Å². The number of nitrogens with zero attached hydrogens (tertiary/aromatic N) is 2. The van der Waals surface area contributed by atoms with E-state index in [1.165, 1.54) is 0 Å². The summed E-state index contributed by atoms with van der Waals surface area (Å²) in [5.41, 5.74) is 1.23. The smallest absolute Gasteiger partial charge is 0.252 e. The number of sulfonamides is 1. The van der Waals surface area contributed by atoms with Crippen LogP contribution in [0.4, 0.5) is 4.39 Å². The summed E-state index contributed by atoms with van der Waals surface area (Å²) in [6.07, 6.45) is 1.79. The van der Waals surface area contributed by atoms with Crippen molar-refractivity contribution < 1.29 is 22.3 Å². The zero-order valence-corrected chi connectivity index (χ0v) is 19.4. The van der Waals surface area contributed by atoms with E-state index in [1.54, 1.807) is 29.2 Å². The fourth-order valence-corrected chi connectivity index (χ4v) is 6.23. The Balaban J connectivity index is 1.50. The molecule has 1 aliphatic carbocycles. The Kier molecular flexibility index (Phi) is 5.92. The van der Waals surface area contributed by atoms with Crippen LogP contribution in [-0.2, 0) is 26.0 Å². The topological polar surface area (TPSA) is 99.5 Å². The Hall–Kier alpha value is -2.80. The third-order valence-electron chi connectivity index (χ3n) is 7.23. The number of hydrogen-bond donors (Lipinski definition) is 1. The molecular formula is C25H26FN3O4S. The highest BCUT2D eigenvalue weighted by Gasteiger charge is 2.62. The summed E-state index contributed by atoms with van der Waals surface area (Å²) in [5.74, 6) is -1.22. The number of rotatable bonds is 7. The third-order valence-corrected chi connectivity index (χ3v) is 8.36. The molecule has 3 atom stereocenters. The van der Waals surface area contributed by atoms with Gasteiger partial charge in [-0.2, -0.15) is 5.26 Å². The zero-order valence-electron chi connectivity index (χ0n) is 18.6. The Morgan fingerprint density at radius 3 is 2.56 bits per heavy atom. The van der Waals surface area contributed by atoms with Crippen molar-refractivity contribution in [2.45, 2.75) is 43.9 Å². The molecule has 2 aromatic carbocycles. The number of hydrogen-bond acceptors (Lipinski definition) is 5. The van der Waals surface area contributed by atoms with E-state index in [1.807, 2.05) is 30.3 Å². The van der Waals surface area contributed by atoms with Crippen LogP contribution in [0.2, 0.25) is 0 Å². The van der Waals surface area contributed by atoms with Gasteiger partial charge in [0.2, 0.25) is 10.0 Å². The average Bonchev–Trinajstić information content (AvgIpc) is 3.49. The Labute approximate surface area is 198 Å². The van der Waals surface area contributed by atoms with Gasteiger partial charge in [0.1, 0.15) is 11.9 Å². The first-order valence-electron chi connectivity index (χ1n) is 11.5. The molecule has 1 N–H and O–H groups in total. The normalized spacial score (nSPS) is 25.1. The van der Waals surface area contributed by atoms with E-state index in [0.717, 1.165) is 18.4 Å². The van der Waals surface area contributed by atoms with Gasteiger partial charge >= 0.3 is 0 Å². The van der Waals surface area contributed by atoms with E-state index in [9.17, 15) is 13.2 Å². The van der Waals surface area contributed by atoms with E-state index in [0.29, 0.717) is 30.7 Å². The number of likely N-dealkylation sites (tertiary alicyclic amines) is 1. The van der Waals surface area contributed by atoms with Crippen molar-refractivity contribution in [3.8, 4) is 17.2 Å². The van der Waals surface area contributed by atoms with Gasteiger partial charge in [-0.1, -0.05) is 48.5 Å². The van der Waals surface area contributed by atoms with Crippen molar-refractivity contribution in [3.05, 3.63) is 59.9 Å². The molecule has 3 fully saturated rings. The molecule has 0 aromatic heterocycles. The van der Waals surface area contributed by atoms with Crippen LogP contribution >= 0.6 is 0 Å². The lowest BCUT2D eigenvalue weighted by atomic mass is 9.91. The molecular weight excluding hydrogens is 457 g/mol. The first-order chi connectivity index (χ1) is 16.3. The maximum absolute atomic E-state index is 15.7. The molecule has 0 bridgehead atoms. The molecule has 178 valence electrons. The van der Waals surface area contributed by atoms with Crippen LogP contribution < -0.4 is 4.72 Å². The standard InChI is InChI=1S/C25H26FN3O4S/c26-22-18(7-4-8-19(22)17-5-2-1-3-6-17)15-20-23(28-34(31,32)14-12-27)25(10-11-25)16-29(20)24(30)21-9-13-33-21/h1-8,20-21,23,28H,9-11,13-16H2/t20-,21+,23+/m0/s1. The number of carbonyl (C=O) groups is 1.